The number of hydrogen-bond acceptors (Lipinski definition) is 1. The summed E-state index contributed by atoms with van der Waals surface area (Å²) in [5.74, 6) is 1.54. The molecule has 2 nitrogen and oxygen atoms in total. The lowest BCUT2D eigenvalue weighted by atomic mass is 9.95. The van der Waals surface area contributed by atoms with E-state index < -0.39 is 0 Å². The van der Waals surface area contributed by atoms with Crippen molar-refractivity contribution in [3.8, 4) is 0 Å². The molecular weight excluding hydrogens is 271 g/mol. The van der Waals surface area contributed by atoms with Crippen LogP contribution in [0.3, 0.4) is 0 Å². The molecule has 3 rings (SSSR count). The third-order valence-corrected chi connectivity index (χ3v) is 5.16. The Labute approximate surface area is 125 Å². The van der Waals surface area contributed by atoms with E-state index in [1.54, 1.807) is 0 Å². The first-order valence-corrected chi connectivity index (χ1v) is 7.78. The van der Waals surface area contributed by atoms with Crippen molar-refractivity contribution in [3.63, 3.8) is 0 Å². The monoisotopic (exact) mass is 292 g/mol. The van der Waals surface area contributed by atoms with Gasteiger partial charge in [0.15, 0.2) is 5.11 Å². The molecule has 2 aliphatic rings. The summed E-state index contributed by atoms with van der Waals surface area (Å²) in [5.41, 5.74) is 1.07. The van der Waals surface area contributed by atoms with Gasteiger partial charge in [-0.25, -0.2) is 4.39 Å². The van der Waals surface area contributed by atoms with E-state index in [0.717, 1.165) is 22.5 Å². The molecule has 3 atom stereocenters. The van der Waals surface area contributed by atoms with Gasteiger partial charge in [0, 0.05) is 19.6 Å². The minimum absolute atomic E-state index is 0.195. The SMILES string of the molecule is CN(Cc1ccc(F)cc1)C(=S)NC1CC2CCC1C2. The van der Waals surface area contributed by atoms with E-state index in [2.05, 4.69) is 5.32 Å². The van der Waals surface area contributed by atoms with Gasteiger partial charge in [-0.3, -0.25) is 0 Å². The standard InChI is InChI=1S/C16H21FN2S/c1-19(10-11-3-6-14(17)7-4-11)16(20)18-15-9-12-2-5-13(15)8-12/h3-4,6-7,12-13,15H,2,5,8-10H2,1H3,(H,18,20). The molecule has 20 heavy (non-hydrogen) atoms. The molecule has 0 spiro atoms. The van der Waals surface area contributed by atoms with Gasteiger partial charge in [-0.2, -0.15) is 0 Å². The molecule has 3 unspecified atom stereocenters. The van der Waals surface area contributed by atoms with Crippen LogP contribution in [0.4, 0.5) is 4.39 Å². The number of benzene rings is 1. The zero-order valence-corrected chi connectivity index (χ0v) is 12.6. The van der Waals surface area contributed by atoms with Crippen molar-refractivity contribution >= 4 is 17.3 Å². The molecule has 2 aliphatic carbocycles. The summed E-state index contributed by atoms with van der Waals surface area (Å²) in [6, 6.07) is 7.18. The predicted octanol–water partition coefficient (Wildman–Crippen LogP) is 3.32. The van der Waals surface area contributed by atoms with E-state index in [4.69, 9.17) is 12.2 Å². The van der Waals surface area contributed by atoms with Crippen molar-refractivity contribution in [1.82, 2.24) is 10.2 Å². The smallest absolute Gasteiger partial charge is 0.169 e. The molecule has 4 heteroatoms. The number of nitrogens with one attached hydrogen (secondary N) is 1. The summed E-state index contributed by atoms with van der Waals surface area (Å²) in [7, 11) is 1.99. The fourth-order valence-electron chi connectivity index (χ4n) is 3.63. The van der Waals surface area contributed by atoms with Crippen LogP contribution in [-0.2, 0) is 6.54 Å². The fraction of sp³-hybridized carbons (Fsp3) is 0.562. The van der Waals surface area contributed by atoms with Crippen LogP contribution >= 0.6 is 12.2 Å². The molecule has 1 aromatic carbocycles. The Morgan fingerprint density at radius 1 is 1.30 bits per heavy atom. The van der Waals surface area contributed by atoms with Crippen molar-refractivity contribution in [2.45, 2.75) is 38.3 Å². The van der Waals surface area contributed by atoms with Gasteiger partial charge in [-0.15, -0.1) is 0 Å². The highest BCUT2D eigenvalue weighted by Gasteiger charge is 2.39. The molecule has 0 amide bonds. The van der Waals surface area contributed by atoms with E-state index in [1.165, 1.54) is 37.8 Å². The lowest BCUT2D eigenvalue weighted by Crippen LogP contribution is -2.44. The quantitative estimate of drug-likeness (QED) is 0.860. The third-order valence-electron chi connectivity index (χ3n) is 4.73. The van der Waals surface area contributed by atoms with Gasteiger partial charge in [0.1, 0.15) is 5.82 Å². The summed E-state index contributed by atoms with van der Waals surface area (Å²) in [5, 5.41) is 4.34. The zero-order valence-electron chi connectivity index (χ0n) is 11.8. The van der Waals surface area contributed by atoms with Crippen molar-refractivity contribution in [3.05, 3.63) is 35.6 Å². The average Bonchev–Trinajstić information content (AvgIpc) is 3.03. The molecule has 2 saturated carbocycles. The number of rotatable bonds is 3. The Hall–Kier alpha value is -1.16. The van der Waals surface area contributed by atoms with Crippen LogP contribution in [0.15, 0.2) is 24.3 Å². The number of thiocarbonyl (C=S) groups is 1. The van der Waals surface area contributed by atoms with Crippen LogP contribution in [0, 0.1) is 17.7 Å². The number of hydrogen-bond donors (Lipinski definition) is 1. The Morgan fingerprint density at radius 3 is 2.65 bits per heavy atom. The number of nitrogens with zero attached hydrogens (tertiary/aromatic N) is 1. The van der Waals surface area contributed by atoms with Gasteiger partial charge in [0.05, 0.1) is 0 Å². The molecule has 108 valence electrons. The minimum Gasteiger partial charge on any atom is -0.360 e. The Bertz CT molecular complexity index is 488. The zero-order chi connectivity index (χ0) is 14.1. The van der Waals surface area contributed by atoms with Gasteiger partial charge in [-0.05, 0) is 61.0 Å². The van der Waals surface area contributed by atoms with Crippen LogP contribution in [0.2, 0.25) is 0 Å². The van der Waals surface area contributed by atoms with Gasteiger partial charge in [0.25, 0.3) is 0 Å². The highest BCUT2D eigenvalue weighted by molar-refractivity contribution is 7.80. The second-order valence-corrected chi connectivity index (χ2v) is 6.60. The van der Waals surface area contributed by atoms with Crippen molar-refractivity contribution in [2.24, 2.45) is 11.8 Å². The van der Waals surface area contributed by atoms with E-state index in [-0.39, 0.29) is 5.82 Å². The largest absolute Gasteiger partial charge is 0.360 e. The lowest BCUT2D eigenvalue weighted by molar-refractivity contribution is 0.373. The van der Waals surface area contributed by atoms with Gasteiger partial charge in [0.2, 0.25) is 0 Å². The van der Waals surface area contributed by atoms with Crippen LogP contribution in [0.25, 0.3) is 0 Å². The molecule has 0 aromatic heterocycles. The van der Waals surface area contributed by atoms with Crippen molar-refractivity contribution < 1.29 is 4.39 Å². The van der Waals surface area contributed by atoms with E-state index >= 15 is 0 Å². The Kier molecular flexibility index (Phi) is 3.92. The van der Waals surface area contributed by atoms with E-state index in [1.807, 2.05) is 24.1 Å². The Balaban J connectivity index is 1.53. The lowest BCUT2D eigenvalue weighted by Gasteiger charge is -2.28. The first-order valence-electron chi connectivity index (χ1n) is 7.38. The van der Waals surface area contributed by atoms with Crippen LogP contribution in [-0.4, -0.2) is 23.1 Å². The summed E-state index contributed by atoms with van der Waals surface area (Å²) < 4.78 is 12.9. The van der Waals surface area contributed by atoms with Gasteiger partial charge in [-0.1, -0.05) is 18.6 Å². The molecule has 0 heterocycles. The molecular formula is C16H21FN2S. The highest BCUT2D eigenvalue weighted by Crippen LogP contribution is 2.44. The van der Waals surface area contributed by atoms with Gasteiger partial charge >= 0.3 is 0 Å². The third kappa shape index (κ3) is 2.95. The summed E-state index contributed by atoms with van der Waals surface area (Å²) in [6.45, 7) is 0.715. The van der Waals surface area contributed by atoms with E-state index in [9.17, 15) is 4.39 Å². The van der Waals surface area contributed by atoms with Crippen molar-refractivity contribution in [1.29, 1.82) is 0 Å². The molecule has 1 aromatic rings. The van der Waals surface area contributed by atoms with Crippen LogP contribution in [0.1, 0.15) is 31.2 Å². The maximum Gasteiger partial charge on any atom is 0.169 e. The first-order chi connectivity index (χ1) is 9.61. The molecule has 0 saturated heterocycles. The maximum absolute atomic E-state index is 12.9. The number of fused-ring (bicyclic) bond motifs is 2. The summed E-state index contributed by atoms with van der Waals surface area (Å²) in [6.07, 6.45) is 5.41. The molecule has 0 aliphatic heterocycles. The topological polar surface area (TPSA) is 15.3 Å². The maximum atomic E-state index is 12.9. The highest BCUT2D eigenvalue weighted by atomic mass is 32.1. The van der Waals surface area contributed by atoms with Crippen LogP contribution in [0.5, 0.6) is 0 Å². The molecule has 2 fully saturated rings. The summed E-state index contributed by atoms with van der Waals surface area (Å²) >= 11 is 5.49. The second kappa shape index (κ2) is 5.68. The fourth-order valence-corrected chi connectivity index (χ4v) is 3.84. The minimum atomic E-state index is -0.195. The van der Waals surface area contributed by atoms with E-state index in [0.29, 0.717) is 12.6 Å². The first kappa shape index (κ1) is 13.8. The predicted molar refractivity (Wildman–Crippen MR) is 82.8 cm³/mol. The van der Waals surface area contributed by atoms with Gasteiger partial charge < -0.3 is 10.2 Å². The second-order valence-electron chi connectivity index (χ2n) is 6.21. The molecule has 2 bridgehead atoms. The Morgan fingerprint density at radius 2 is 2.05 bits per heavy atom. The van der Waals surface area contributed by atoms with Crippen LogP contribution < -0.4 is 5.32 Å². The molecule has 1 N–H and O–H groups in total. The molecule has 0 radical (unpaired) electrons. The normalized spacial score (nSPS) is 27.6. The van der Waals surface area contributed by atoms with Crippen molar-refractivity contribution in [2.75, 3.05) is 7.05 Å². The summed E-state index contributed by atoms with van der Waals surface area (Å²) in [4.78, 5) is 2.04. The average molecular weight is 292 g/mol. The number of halogens is 1.